The smallest absolute Gasteiger partial charge is 0.357 e. The number of anilines is 1. The van der Waals surface area contributed by atoms with E-state index in [1.807, 2.05) is 12.1 Å². The molecule has 0 unspecified atom stereocenters. The summed E-state index contributed by atoms with van der Waals surface area (Å²) in [5.74, 6) is -0.746. The van der Waals surface area contributed by atoms with Crippen LogP contribution in [0.25, 0.3) is 0 Å². The average Bonchev–Trinajstić information content (AvgIpc) is 2.88. The van der Waals surface area contributed by atoms with Crippen LogP contribution < -0.4 is 5.32 Å². The number of nitrogens with one attached hydrogen (secondary N) is 1. The fraction of sp³-hybridized carbons (Fsp3) is 0.154. The largest absolute Gasteiger partial charge is 0.461 e. The zero-order valence-corrected chi connectivity index (χ0v) is 13.5. The van der Waals surface area contributed by atoms with Crippen LogP contribution in [0.15, 0.2) is 29.6 Å². The second-order valence-corrected chi connectivity index (χ2v) is 5.82. The van der Waals surface area contributed by atoms with Gasteiger partial charge in [-0.25, -0.2) is 9.78 Å². The molecule has 2 rings (SSSR count). The van der Waals surface area contributed by atoms with Crippen molar-refractivity contribution in [2.24, 2.45) is 0 Å². The highest BCUT2D eigenvalue weighted by Gasteiger charge is 2.13. The van der Waals surface area contributed by atoms with Crippen molar-refractivity contribution < 1.29 is 14.3 Å². The summed E-state index contributed by atoms with van der Waals surface area (Å²) in [4.78, 5) is 27.4. The van der Waals surface area contributed by atoms with E-state index < -0.39 is 5.97 Å². The van der Waals surface area contributed by atoms with Crippen molar-refractivity contribution in [2.75, 3.05) is 11.9 Å². The van der Waals surface area contributed by atoms with Crippen molar-refractivity contribution >= 4 is 50.9 Å². The molecule has 1 aromatic carbocycles. The second-order valence-electron chi connectivity index (χ2n) is 3.72. The number of esters is 1. The molecule has 0 saturated heterocycles. The van der Waals surface area contributed by atoms with E-state index in [1.165, 1.54) is 11.3 Å². The van der Waals surface area contributed by atoms with Gasteiger partial charge in [-0.3, -0.25) is 10.1 Å². The number of carbonyl (C=O) groups is 2. The summed E-state index contributed by atoms with van der Waals surface area (Å²) in [6.07, 6.45) is 0. The number of ether oxygens (including phenoxy) is 1. The molecule has 0 radical (unpaired) electrons. The van der Waals surface area contributed by atoms with Crippen molar-refractivity contribution in [1.29, 1.82) is 0 Å². The molecule has 1 amide bonds. The zero-order valence-electron chi connectivity index (χ0n) is 10.6. The first-order chi connectivity index (χ1) is 9.60. The van der Waals surface area contributed by atoms with Crippen LogP contribution in [-0.2, 0) is 4.74 Å². The Bertz CT molecular complexity index is 625. The van der Waals surface area contributed by atoms with E-state index in [4.69, 9.17) is 4.74 Å². The Morgan fingerprint density at radius 1 is 1.35 bits per heavy atom. The van der Waals surface area contributed by atoms with E-state index >= 15 is 0 Å². The van der Waals surface area contributed by atoms with Crippen molar-refractivity contribution in [3.8, 4) is 0 Å². The fourth-order valence-electron chi connectivity index (χ4n) is 1.40. The summed E-state index contributed by atoms with van der Waals surface area (Å²) in [6, 6.07) is 7.16. The predicted molar refractivity (Wildman–Crippen MR) is 85.2 cm³/mol. The van der Waals surface area contributed by atoms with E-state index in [0.29, 0.717) is 17.3 Å². The number of nitrogens with zero attached hydrogens (tertiary/aromatic N) is 1. The molecule has 0 spiro atoms. The van der Waals surface area contributed by atoms with Crippen molar-refractivity contribution in [3.05, 3.63) is 44.5 Å². The lowest BCUT2D eigenvalue weighted by Gasteiger charge is -2.01. The molecule has 0 aliphatic heterocycles. The van der Waals surface area contributed by atoms with Crippen LogP contribution in [0.4, 0.5) is 5.13 Å². The molecule has 104 valence electrons. The summed E-state index contributed by atoms with van der Waals surface area (Å²) < 4.78 is 5.89. The lowest BCUT2D eigenvalue weighted by atomic mass is 10.2. The minimum absolute atomic E-state index is 0.203. The molecule has 0 aliphatic rings. The number of aromatic nitrogens is 1. The van der Waals surface area contributed by atoms with Crippen LogP contribution in [-0.4, -0.2) is 23.5 Å². The highest BCUT2D eigenvalue weighted by atomic mass is 127. The quantitative estimate of drug-likeness (QED) is 0.630. The Morgan fingerprint density at radius 3 is 2.70 bits per heavy atom. The van der Waals surface area contributed by atoms with Crippen molar-refractivity contribution in [2.45, 2.75) is 6.92 Å². The third-order valence-electron chi connectivity index (χ3n) is 2.32. The third kappa shape index (κ3) is 3.76. The lowest BCUT2D eigenvalue weighted by Crippen LogP contribution is -2.12. The molecule has 0 atom stereocenters. The average molecular weight is 402 g/mol. The van der Waals surface area contributed by atoms with Gasteiger partial charge < -0.3 is 4.74 Å². The summed E-state index contributed by atoms with van der Waals surface area (Å²) in [6.45, 7) is 2.02. The Hall–Kier alpha value is -1.48. The highest BCUT2D eigenvalue weighted by molar-refractivity contribution is 14.1. The van der Waals surface area contributed by atoms with Gasteiger partial charge in [0.25, 0.3) is 5.91 Å². The van der Waals surface area contributed by atoms with Gasteiger partial charge in [0.1, 0.15) is 0 Å². The van der Waals surface area contributed by atoms with Crippen molar-refractivity contribution in [3.63, 3.8) is 0 Å². The molecular formula is C13H11IN2O3S. The van der Waals surface area contributed by atoms with E-state index in [1.54, 1.807) is 24.4 Å². The molecule has 0 saturated carbocycles. The first-order valence-corrected chi connectivity index (χ1v) is 7.75. The van der Waals surface area contributed by atoms with Crippen LogP contribution in [0.3, 0.4) is 0 Å². The number of carbonyl (C=O) groups excluding carboxylic acids is 2. The first kappa shape index (κ1) is 14.9. The van der Waals surface area contributed by atoms with Gasteiger partial charge in [-0.2, -0.15) is 0 Å². The molecule has 5 nitrogen and oxygen atoms in total. The van der Waals surface area contributed by atoms with Crippen LogP contribution in [0.2, 0.25) is 0 Å². The minimum Gasteiger partial charge on any atom is -0.461 e. The molecule has 0 aliphatic carbocycles. The van der Waals surface area contributed by atoms with Gasteiger partial charge in [0.05, 0.1) is 6.61 Å². The number of hydrogen-bond acceptors (Lipinski definition) is 5. The molecule has 1 N–H and O–H groups in total. The normalized spacial score (nSPS) is 10.1. The summed E-state index contributed by atoms with van der Waals surface area (Å²) in [5.41, 5.74) is 0.744. The predicted octanol–water partition coefficient (Wildman–Crippen LogP) is 3.18. The number of halogens is 1. The molecule has 7 heteroatoms. The number of hydrogen-bond donors (Lipinski definition) is 1. The van der Waals surface area contributed by atoms with E-state index in [2.05, 4.69) is 32.9 Å². The first-order valence-electron chi connectivity index (χ1n) is 5.79. The molecule has 1 heterocycles. The summed E-state index contributed by atoms with van der Waals surface area (Å²) in [7, 11) is 0. The van der Waals surface area contributed by atoms with Crippen molar-refractivity contribution in [1.82, 2.24) is 4.98 Å². The van der Waals surface area contributed by atoms with Gasteiger partial charge in [0.2, 0.25) is 0 Å². The highest BCUT2D eigenvalue weighted by Crippen LogP contribution is 2.17. The Balaban J connectivity index is 2.05. The summed E-state index contributed by atoms with van der Waals surface area (Å²) >= 11 is 3.35. The standard InChI is InChI=1S/C13H11IN2O3S/c1-2-19-12(18)10-7-20-13(15-10)16-11(17)8-3-5-9(14)6-4-8/h3-7H,2H2,1H3,(H,15,16,17). The van der Waals surface area contributed by atoms with E-state index in [0.717, 1.165) is 3.57 Å². The monoisotopic (exact) mass is 402 g/mol. The van der Waals surface area contributed by atoms with Crippen LogP contribution >= 0.6 is 33.9 Å². The maximum Gasteiger partial charge on any atom is 0.357 e. The van der Waals surface area contributed by atoms with E-state index in [-0.39, 0.29) is 11.6 Å². The SMILES string of the molecule is CCOC(=O)c1csc(NC(=O)c2ccc(I)cc2)n1. The maximum absolute atomic E-state index is 12.0. The number of benzene rings is 1. The third-order valence-corrected chi connectivity index (χ3v) is 3.79. The number of thiazole rings is 1. The van der Waals surface area contributed by atoms with Gasteiger partial charge in [-0.15, -0.1) is 11.3 Å². The number of amides is 1. The molecule has 0 bridgehead atoms. The molecule has 0 fully saturated rings. The Morgan fingerprint density at radius 2 is 2.05 bits per heavy atom. The Labute approximate surface area is 133 Å². The molecule has 1 aromatic heterocycles. The maximum atomic E-state index is 12.0. The summed E-state index contributed by atoms with van der Waals surface area (Å²) in [5, 5.41) is 4.58. The van der Waals surface area contributed by atoms with Gasteiger partial charge in [0.15, 0.2) is 10.8 Å². The van der Waals surface area contributed by atoms with E-state index in [9.17, 15) is 9.59 Å². The van der Waals surface area contributed by atoms with Gasteiger partial charge in [-0.1, -0.05) is 0 Å². The van der Waals surface area contributed by atoms with Crippen LogP contribution in [0, 0.1) is 3.57 Å². The van der Waals surface area contributed by atoms with Gasteiger partial charge >= 0.3 is 5.97 Å². The minimum atomic E-state index is -0.487. The van der Waals surface area contributed by atoms with Gasteiger partial charge in [0, 0.05) is 14.5 Å². The van der Waals surface area contributed by atoms with Crippen LogP contribution in [0.5, 0.6) is 0 Å². The molecule has 20 heavy (non-hydrogen) atoms. The fourth-order valence-corrected chi connectivity index (χ4v) is 2.43. The zero-order chi connectivity index (χ0) is 14.5. The molecule has 2 aromatic rings. The van der Waals surface area contributed by atoms with Gasteiger partial charge in [-0.05, 0) is 53.8 Å². The Kier molecular flexibility index (Phi) is 5.07. The number of rotatable bonds is 4. The topological polar surface area (TPSA) is 68.3 Å². The lowest BCUT2D eigenvalue weighted by molar-refractivity contribution is 0.0520. The second kappa shape index (κ2) is 6.80. The molecular weight excluding hydrogens is 391 g/mol. The van der Waals surface area contributed by atoms with Crippen LogP contribution in [0.1, 0.15) is 27.8 Å².